The van der Waals surface area contributed by atoms with E-state index in [4.69, 9.17) is 9.97 Å². The van der Waals surface area contributed by atoms with E-state index in [1.54, 1.807) is 0 Å². The van der Waals surface area contributed by atoms with Gasteiger partial charge in [0.05, 0.1) is 33.1 Å². The molecule has 0 amide bonds. The van der Waals surface area contributed by atoms with Crippen LogP contribution in [0, 0.1) is 0 Å². The molecule has 0 fully saturated rings. The molecule has 4 aromatic heterocycles. The predicted octanol–water partition coefficient (Wildman–Crippen LogP) is 9.40. The Morgan fingerprint density at radius 2 is 0.930 bits per heavy atom. The predicted molar refractivity (Wildman–Crippen MR) is 178 cm³/mol. The third-order valence-electron chi connectivity index (χ3n) is 9.27. The Bertz CT molecular complexity index is 2590. The first-order chi connectivity index (χ1) is 20.9. The van der Waals surface area contributed by atoms with Crippen LogP contribution in [0.25, 0.3) is 82.8 Å². The minimum absolute atomic E-state index is 0.103. The molecule has 43 heavy (non-hydrogen) atoms. The zero-order valence-electron chi connectivity index (χ0n) is 24.1. The largest absolute Gasteiger partial charge is 0.276 e. The second-order valence-corrected chi connectivity index (χ2v) is 12.9. The van der Waals surface area contributed by atoms with Crippen molar-refractivity contribution in [2.24, 2.45) is 0 Å². The number of imidazole rings is 4. The summed E-state index contributed by atoms with van der Waals surface area (Å²) in [7, 11) is 0. The summed E-state index contributed by atoms with van der Waals surface area (Å²) in [5, 5.41) is 4.81. The van der Waals surface area contributed by atoms with Crippen LogP contribution >= 0.6 is 0 Å². The van der Waals surface area contributed by atoms with Crippen LogP contribution in [0.5, 0.6) is 0 Å². The molecule has 10 aromatic rings. The fourth-order valence-corrected chi connectivity index (χ4v) is 7.07. The Balaban J connectivity index is 1.39. The Morgan fingerprint density at radius 1 is 0.465 bits per heavy atom. The molecule has 0 saturated heterocycles. The van der Waals surface area contributed by atoms with Gasteiger partial charge in [0, 0.05) is 0 Å². The molecule has 6 aromatic carbocycles. The zero-order valence-corrected chi connectivity index (χ0v) is 24.1. The summed E-state index contributed by atoms with van der Waals surface area (Å²) in [4.78, 5) is 10.5. The van der Waals surface area contributed by atoms with Crippen LogP contribution in [0.2, 0.25) is 0 Å². The Morgan fingerprint density at radius 3 is 1.40 bits per heavy atom. The lowest BCUT2D eigenvalue weighted by Gasteiger charge is -2.19. The normalized spacial score (nSPS) is 13.0. The SMILES string of the molecule is CC(C)(C)c1ccc(-c2cc3c4c(c2)n2c5cc6ccccc6cc5nc2n4c2nc4cc5ccccc5cc4n32)cc1. The van der Waals surface area contributed by atoms with Crippen LogP contribution < -0.4 is 0 Å². The van der Waals surface area contributed by atoms with Gasteiger partial charge in [-0.1, -0.05) is 93.6 Å². The van der Waals surface area contributed by atoms with Crippen molar-refractivity contribution in [2.45, 2.75) is 26.2 Å². The quantitative estimate of drug-likeness (QED) is 0.203. The van der Waals surface area contributed by atoms with Gasteiger partial charge in [0.1, 0.15) is 5.52 Å². The zero-order chi connectivity index (χ0) is 28.6. The molecule has 0 unspecified atom stereocenters. The molecule has 0 N–H and O–H groups in total. The second-order valence-electron chi connectivity index (χ2n) is 12.9. The molecular weight excluding hydrogens is 526 g/mol. The van der Waals surface area contributed by atoms with Crippen LogP contribution in [0.1, 0.15) is 26.3 Å². The van der Waals surface area contributed by atoms with E-state index < -0.39 is 0 Å². The lowest BCUT2D eigenvalue weighted by atomic mass is 9.86. The fourth-order valence-electron chi connectivity index (χ4n) is 7.07. The topological polar surface area (TPSA) is 39.0 Å². The summed E-state index contributed by atoms with van der Waals surface area (Å²) in [6.45, 7) is 6.78. The molecule has 5 nitrogen and oxygen atoms in total. The Hall–Kier alpha value is -5.42. The van der Waals surface area contributed by atoms with Gasteiger partial charge in [-0.05, 0) is 80.0 Å². The highest BCUT2D eigenvalue weighted by Crippen LogP contribution is 2.39. The molecule has 0 atom stereocenters. The van der Waals surface area contributed by atoms with Gasteiger partial charge in [-0.15, -0.1) is 0 Å². The average molecular weight is 554 g/mol. The van der Waals surface area contributed by atoms with Gasteiger partial charge in [0.2, 0.25) is 11.6 Å². The molecule has 0 aliphatic carbocycles. The lowest BCUT2D eigenvalue weighted by molar-refractivity contribution is 0.590. The van der Waals surface area contributed by atoms with Crippen LogP contribution in [0.15, 0.2) is 109 Å². The monoisotopic (exact) mass is 553 g/mol. The summed E-state index contributed by atoms with van der Waals surface area (Å²) >= 11 is 0. The van der Waals surface area contributed by atoms with E-state index in [0.717, 1.165) is 50.2 Å². The lowest BCUT2D eigenvalue weighted by Crippen LogP contribution is -2.10. The van der Waals surface area contributed by atoms with E-state index in [-0.39, 0.29) is 5.41 Å². The van der Waals surface area contributed by atoms with Gasteiger partial charge >= 0.3 is 0 Å². The minimum Gasteiger partial charge on any atom is -0.276 e. The molecule has 5 heteroatoms. The first kappa shape index (κ1) is 23.2. The molecule has 0 aliphatic heterocycles. The number of hydrogen-bond donors (Lipinski definition) is 0. The molecule has 0 saturated carbocycles. The number of hydrogen-bond acceptors (Lipinski definition) is 2. The molecular formula is C38H27N5. The van der Waals surface area contributed by atoms with Gasteiger partial charge in [0.25, 0.3) is 0 Å². The molecule has 0 aliphatic rings. The molecule has 10 rings (SSSR count). The molecule has 4 heterocycles. The van der Waals surface area contributed by atoms with Crippen molar-refractivity contribution in [3.05, 3.63) is 115 Å². The Labute approximate surface area is 246 Å². The highest BCUT2D eigenvalue weighted by atomic mass is 15.3. The van der Waals surface area contributed by atoms with Crippen LogP contribution in [0.3, 0.4) is 0 Å². The van der Waals surface area contributed by atoms with E-state index in [2.05, 4.69) is 143 Å². The molecule has 204 valence electrons. The third kappa shape index (κ3) is 3.01. The average Bonchev–Trinajstić information content (AvgIpc) is 3.73. The standard InChI is InChI=1S/C38H27N5/c1-38(2,3)28-14-12-22(13-15-28)27-20-33-35-34(21-27)42-32-19-26-11-7-5-9-24(26)17-30(32)40-37(42)43(35)36-39-29-16-23-8-4-6-10-25(23)18-31(29)41(33)36/h4-21H,1-3H3. The van der Waals surface area contributed by atoms with E-state index in [0.29, 0.717) is 0 Å². The highest BCUT2D eigenvalue weighted by Gasteiger charge is 2.25. The summed E-state index contributed by atoms with van der Waals surface area (Å²) in [5.41, 5.74) is 11.4. The Kier molecular flexibility index (Phi) is 4.15. The van der Waals surface area contributed by atoms with Crippen molar-refractivity contribution in [3.8, 4) is 11.1 Å². The van der Waals surface area contributed by atoms with Gasteiger partial charge in [0.15, 0.2) is 0 Å². The van der Waals surface area contributed by atoms with Crippen LogP contribution in [0.4, 0.5) is 0 Å². The van der Waals surface area contributed by atoms with Crippen molar-refractivity contribution in [1.82, 2.24) is 23.2 Å². The summed E-state index contributed by atoms with van der Waals surface area (Å²) < 4.78 is 6.91. The highest BCUT2D eigenvalue weighted by molar-refractivity contribution is 6.08. The van der Waals surface area contributed by atoms with Crippen molar-refractivity contribution < 1.29 is 0 Å². The maximum Gasteiger partial charge on any atom is 0.223 e. The van der Waals surface area contributed by atoms with Crippen LogP contribution in [-0.2, 0) is 5.41 Å². The summed E-state index contributed by atoms with van der Waals surface area (Å²) in [5.74, 6) is 1.78. The fraction of sp³-hybridized carbons (Fsp3) is 0.105. The second kappa shape index (κ2) is 7.69. The number of fused-ring (bicyclic) bond motifs is 12. The van der Waals surface area contributed by atoms with Gasteiger partial charge < -0.3 is 0 Å². The van der Waals surface area contributed by atoms with Crippen molar-refractivity contribution >= 4 is 71.7 Å². The number of aromatic nitrogens is 5. The molecule has 0 bridgehead atoms. The number of benzene rings is 6. The summed E-state index contributed by atoms with van der Waals surface area (Å²) in [6.07, 6.45) is 0. The number of rotatable bonds is 1. The number of nitrogens with zero attached hydrogens (tertiary/aromatic N) is 5. The summed E-state index contributed by atoms with van der Waals surface area (Å²) in [6, 6.07) is 39.7. The molecule has 0 radical (unpaired) electrons. The van der Waals surface area contributed by atoms with Gasteiger partial charge in [-0.2, -0.15) is 0 Å². The first-order valence-corrected chi connectivity index (χ1v) is 14.8. The van der Waals surface area contributed by atoms with Gasteiger partial charge in [-0.25, -0.2) is 14.4 Å². The van der Waals surface area contributed by atoms with E-state index >= 15 is 0 Å². The maximum absolute atomic E-state index is 5.24. The van der Waals surface area contributed by atoms with Crippen molar-refractivity contribution in [3.63, 3.8) is 0 Å². The minimum atomic E-state index is 0.103. The van der Waals surface area contributed by atoms with Crippen LogP contribution in [-0.4, -0.2) is 23.2 Å². The van der Waals surface area contributed by atoms with E-state index in [1.807, 2.05) is 0 Å². The van der Waals surface area contributed by atoms with Gasteiger partial charge in [-0.3, -0.25) is 8.80 Å². The first-order valence-electron chi connectivity index (χ1n) is 14.8. The van der Waals surface area contributed by atoms with E-state index in [1.165, 1.54) is 38.2 Å². The molecule has 0 spiro atoms. The third-order valence-corrected chi connectivity index (χ3v) is 9.27. The maximum atomic E-state index is 5.24. The van der Waals surface area contributed by atoms with Crippen molar-refractivity contribution in [2.75, 3.05) is 0 Å². The smallest absolute Gasteiger partial charge is 0.223 e. The van der Waals surface area contributed by atoms with Crippen molar-refractivity contribution in [1.29, 1.82) is 0 Å². The van der Waals surface area contributed by atoms with E-state index in [9.17, 15) is 0 Å².